The molecule has 1 atom stereocenters. The molecule has 2 nitrogen and oxygen atoms in total. The molecule has 0 aliphatic heterocycles. The van der Waals surface area contributed by atoms with Crippen LogP contribution >= 0.6 is 0 Å². The van der Waals surface area contributed by atoms with Crippen LogP contribution in [-0.4, -0.2) is 12.4 Å². The maximum absolute atomic E-state index is 11.8. The summed E-state index contributed by atoms with van der Waals surface area (Å²) in [5, 5.41) is 0. The van der Waals surface area contributed by atoms with Gasteiger partial charge in [-0.2, -0.15) is 0 Å². The summed E-state index contributed by atoms with van der Waals surface area (Å²) in [5.74, 6) is 1.85. The highest BCUT2D eigenvalue weighted by Crippen LogP contribution is 2.26. The molecule has 20 heavy (non-hydrogen) atoms. The van der Waals surface area contributed by atoms with Gasteiger partial charge in [0.05, 0.1) is 6.61 Å². The second-order valence-corrected chi connectivity index (χ2v) is 5.82. The quantitative estimate of drug-likeness (QED) is 0.714. The average molecular weight is 274 g/mol. The molecule has 0 saturated heterocycles. The fourth-order valence-corrected chi connectivity index (χ4v) is 2.82. The summed E-state index contributed by atoms with van der Waals surface area (Å²) in [4.78, 5) is 11.8. The monoisotopic (exact) mass is 274 g/mol. The zero-order chi connectivity index (χ0) is 14.4. The number of ketones is 1. The summed E-state index contributed by atoms with van der Waals surface area (Å²) < 4.78 is 5.95. The van der Waals surface area contributed by atoms with Crippen molar-refractivity contribution in [2.45, 2.75) is 58.8 Å². The third-order valence-corrected chi connectivity index (χ3v) is 4.26. The minimum absolute atomic E-state index is 0.284. The summed E-state index contributed by atoms with van der Waals surface area (Å²) in [6.45, 7) is 5.26. The van der Waals surface area contributed by atoms with Gasteiger partial charge in [0.15, 0.2) is 5.78 Å². The lowest BCUT2D eigenvalue weighted by Crippen LogP contribution is -2.13. The van der Waals surface area contributed by atoms with E-state index in [4.69, 9.17) is 4.74 Å². The average Bonchev–Trinajstić information content (AvgIpc) is 2.47. The molecule has 110 valence electrons. The van der Waals surface area contributed by atoms with Crippen LogP contribution in [0.2, 0.25) is 0 Å². The molecule has 1 aliphatic rings. The van der Waals surface area contributed by atoms with Crippen LogP contribution in [0.25, 0.3) is 0 Å². The van der Waals surface area contributed by atoms with Crippen molar-refractivity contribution in [2.75, 3.05) is 6.61 Å². The van der Waals surface area contributed by atoms with E-state index in [0.717, 1.165) is 30.8 Å². The van der Waals surface area contributed by atoms with Crippen molar-refractivity contribution in [1.82, 2.24) is 0 Å². The normalized spacial score (nSPS) is 15.8. The van der Waals surface area contributed by atoms with E-state index in [1.54, 1.807) is 0 Å². The van der Waals surface area contributed by atoms with E-state index in [1.807, 2.05) is 12.1 Å². The minimum Gasteiger partial charge on any atom is -0.493 e. The SMILES string of the molecule is CCCCC(CC)COc1ccc2c(c1)CCCC2=O. The first kappa shape index (κ1) is 15.1. The number of carbonyl (C=O) groups excluding carboxylic acids is 1. The van der Waals surface area contributed by atoms with Crippen LogP contribution in [0, 0.1) is 5.92 Å². The van der Waals surface area contributed by atoms with Crippen LogP contribution in [0.5, 0.6) is 5.75 Å². The first-order valence-corrected chi connectivity index (χ1v) is 8.03. The van der Waals surface area contributed by atoms with Gasteiger partial charge in [0, 0.05) is 12.0 Å². The van der Waals surface area contributed by atoms with E-state index in [9.17, 15) is 4.79 Å². The van der Waals surface area contributed by atoms with Gasteiger partial charge < -0.3 is 4.74 Å². The van der Waals surface area contributed by atoms with Crippen molar-refractivity contribution in [3.8, 4) is 5.75 Å². The fourth-order valence-electron chi connectivity index (χ4n) is 2.82. The van der Waals surface area contributed by atoms with Crippen LogP contribution < -0.4 is 4.74 Å². The predicted octanol–water partition coefficient (Wildman–Crippen LogP) is 4.80. The lowest BCUT2D eigenvalue weighted by Gasteiger charge is -2.18. The van der Waals surface area contributed by atoms with Gasteiger partial charge in [0.2, 0.25) is 0 Å². The molecule has 0 bridgehead atoms. The second-order valence-electron chi connectivity index (χ2n) is 5.82. The molecule has 0 N–H and O–H groups in total. The third kappa shape index (κ3) is 3.84. The molecule has 2 rings (SSSR count). The first-order chi connectivity index (χ1) is 9.74. The topological polar surface area (TPSA) is 26.3 Å². The van der Waals surface area contributed by atoms with Gasteiger partial charge >= 0.3 is 0 Å². The van der Waals surface area contributed by atoms with Gasteiger partial charge in [-0.05, 0) is 48.9 Å². The number of rotatable bonds is 7. The van der Waals surface area contributed by atoms with E-state index >= 15 is 0 Å². The van der Waals surface area contributed by atoms with Crippen molar-refractivity contribution < 1.29 is 9.53 Å². The predicted molar refractivity (Wildman–Crippen MR) is 82.5 cm³/mol. The molecule has 0 aromatic heterocycles. The summed E-state index contributed by atoms with van der Waals surface area (Å²) in [6, 6.07) is 5.96. The van der Waals surface area contributed by atoms with Gasteiger partial charge in [0.1, 0.15) is 5.75 Å². The van der Waals surface area contributed by atoms with Gasteiger partial charge in [-0.15, -0.1) is 0 Å². The second kappa shape index (κ2) is 7.47. The molecule has 1 aromatic carbocycles. The highest BCUT2D eigenvalue weighted by molar-refractivity contribution is 5.98. The Labute approximate surface area is 122 Å². The van der Waals surface area contributed by atoms with E-state index in [0.29, 0.717) is 12.3 Å². The van der Waals surface area contributed by atoms with E-state index < -0.39 is 0 Å². The van der Waals surface area contributed by atoms with E-state index in [2.05, 4.69) is 19.9 Å². The Hall–Kier alpha value is -1.31. The van der Waals surface area contributed by atoms with Gasteiger partial charge in [-0.25, -0.2) is 0 Å². The maximum Gasteiger partial charge on any atom is 0.163 e. The molecule has 0 spiro atoms. The molecule has 0 fully saturated rings. The maximum atomic E-state index is 11.8. The Balaban J connectivity index is 1.94. The van der Waals surface area contributed by atoms with Gasteiger partial charge in [-0.1, -0.05) is 33.1 Å². The molecule has 0 saturated carbocycles. The molecule has 0 amide bonds. The van der Waals surface area contributed by atoms with Gasteiger partial charge in [-0.3, -0.25) is 4.79 Å². The Bertz CT molecular complexity index is 451. The Morgan fingerprint density at radius 1 is 1.25 bits per heavy atom. The number of ether oxygens (including phenoxy) is 1. The minimum atomic E-state index is 0.284. The molecule has 1 aromatic rings. The van der Waals surface area contributed by atoms with E-state index in [1.165, 1.54) is 31.2 Å². The Morgan fingerprint density at radius 2 is 2.10 bits per heavy atom. The standard InChI is InChI=1S/C18H26O2/c1-3-5-7-14(4-2)13-20-16-10-11-17-15(12-16)8-6-9-18(17)19/h10-12,14H,3-9,13H2,1-2H3. The summed E-state index contributed by atoms with van der Waals surface area (Å²) >= 11 is 0. The molecule has 1 unspecified atom stereocenters. The number of Topliss-reactive ketones (excluding diaryl/α,β-unsaturated/α-hetero) is 1. The third-order valence-electron chi connectivity index (χ3n) is 4.26. The van der Waals surface area contributed by atoms with Crippen LogP contribution in [0.3, 0.4) is 0 Å². The smallest absolute Gasteiger partial charge is 0.163 e. The molecule has 0 radical (unpaired) electrons. The summed E-state index contributed by atoms with van der Waals surface area (Å²) in [5.41, 5.74) is 2.07. The van der Waals surface area contributed by atoms with Gasteiger partial charge in [0.25, 0.3) is 0 Å². The zero-order valence-electron chi connectivity index (χ0n) is 12.8. The number of benzene rings is 1. The van der Waals surface area contributed by atoms with Crippen molar-refractivity contribution >= 4 is 5.78 Å². The number of hydrogen-bond donors (Lipinski definition) is 0. The highest BCUT2D eigenvalue weighted by atomic mass is 16.5. The number of carbonyl (C=O) groups is 1. The molecular formula is C18H26O2. The van der Waals surface area contributed by atoms with Crippen LogP contribution in [0.15, 0.2) is 18.2 Å². The number of unbranched alkanes of at least 4 members (excludes halogenated alkanes) is 1. The number of aryl methyl sites for hydroxylation is 1. The largest absolute Gasteiger partial charge is 0.493 e. The lowest BCUT2D eigenvalue weighted by molar-refractivity contribution is 0.0972. The summed E-state index contributed by atoms with van der Waals surface area (Å²) in [6.07, 6.45) is 7.62. The zero-order valence-corrected chi connectivity index (χ0v) is 12.8. The van der Waals surface area contributed by atoms with E-state index in [-0.39, 0.29) is 5.78 Å². The number of hydrogen-bond acceptors (Lipinski definition) is 2. The van der Waals surface area contributed by atoms with Crippen molar-refractivity contribution in [2.24, 2.45) is 5.92 Å². The molecule has 2 heteroatoms. The Morgan fingerprint density at radius 3 is 2.85 bits per heavy atom. The van der Waals surface area contributed by atoms with Crippen LogP contribution in [-0.2, 0) is 6.42 Å². The Kier molecular flexibility index (Phi) is 5.63. The molecule has 1 aliphatic carbocycles. The van der Waals surface area contributed by atoms with Crippen LogP contribution in [0.1, 0.15) is 68.3 Å². The van der Waals surface area contributed by atoms with Crippen molar-refractivity contribution in [3.63, 3.8) is 0 Å². The molecular weight excluding hydrogens is 248 g/mol. The summed E-state index contributed by atoms with van der Waals surface area (Å²) in [7, 11) is 0. The number of fused-ring (bicyclic) bond motifs is 1. The van der Waals surface area contributed by atoms with Crippen molar-refractivity contribution in [3.05, 3.63) is 29.3 Å². The highest BCUT2D eigenvalue weighted by Gasteiger charge is 2.17. The molecule has 0 heterocycles. The fraction of sp³-hybridized carbons (Fsp3) is 0.611. The first-order valence-electron chi connectivity index (χ1n) is 8.03. The van der Waals surface area contributed by atoms with Crippen LogP contribution in [0.4, 0.5) is 0 Å². The lowest BCUT2D eigenvalue weighted by atomic mass is 9.90. The van der Waals surface area contributed by atoms with Crippen molar-refractivity contribution in [1.29, 1.82) is 0 Å².